The van der Waals surface area contributed by atoms with E-state index in [4.69, 9.17) is 0 Å². The number of amides is 1. The summed E-state index contributed by atoms with van der Waals surface area (Å²) in [6.45, 7) is 0. The average molecular weight is 384 g/mol. The molecule has 2 rings (SSSR count). The second-order valence-corrected chi connectivity index (χ2v) is 5.17. The number of nitro benzene ring substituents is 1. The summed E-state index contributed by atoms with van der Waals surface area (Å²) in [5, 5.41) is 22.8. The molecule has 0 heterocycles. The van der Waals surface area contributed by atoms with Crippen molar-refractivity contribution in [1.82, 2.24) is 0 Å². The van der Waals surface area contributed by atoms with E-state index in [2.05, 4.69) is 27.9 Å². The lowest BCUT2D eigenvalue weighted by Crippen LogP contribution is -2.12. The van der Waals surface area contributed by atoms with Crippen molar-refractivity contribution in [3.8, 4) is 5.75 Å². The van der Waals surface area contributed by atoms with Gasteiger partial charge in [-0.15, -0.1) is 0 Å². The van der Waals surface area contributed by atoms with Crippen LogP contribution in [-0.2, 0) is 0 Å². The van der Waals surface area contributed by atoms with Crippen molar-refractivity contribution in [2.45, 2.75) is 0 Å². The van der Waals surface area contributed by atoms with Gasteiger partial charge >= 0.3 is 0 Å². The van der Waals surface area contributed by atoms with Gasteiger partial charge in [0.1, 0.15) is 5.75 Å². The maximum absolute atomic E-state index is 12.0. The third kappa shape index (κ3) is 3.23. The highest BCUT2D eigenvalue weighted by Gasteiger charge is 2.13. The number of hydrogen-bond acceptors (Lipinski definition) is 4. The maximum atomic E-state index is 12.0. The number of nitro groups is 1. The van der Waals surface area contributed by atoms with Crippen LogP contribution in [0, 0.1) is 13.7 Å². The van der Waals surface area contributed by atoms with E-state index in [1.165, 1.54) is 6.07 Å². The van der Waals surface area contributed by atoms with Crippen LogP contribution in [0.4, 0.5) is 11.4 Å². The van der Waals surface area contributed by atoms with Gasteiger partial charge in [-0.3, -0.25) is 14.9 Å². The van der Waals surface area contributed by atoms with Crippen molar-refractivity contribution in [2.24, 2.45) is 0 Å². The van der Waals surface area contributed by atoms with Crippen molar-refractivity contribution in [2.75, 3.05) is 5.32 Å². The van der Waals surface area contributed by atoms with E-state index in [0.29, 0.717) is 5.56 Å². The number of rotatable bonds is 3. The Bertz CT molecular complexity index is 688. The van der Waals surface area contributed by atoms with Crippen molar-refractivity contribution in [3.05, 3.63) is 61.7 Å². The molecule has 0 atom stereocenters. The second-order valence-electron chi connectivity index (χ2n) is 3.92. The number of benzene rings is 2. The van der Waals surface area contributed by atoms with E-state index in [1.54, 1.807) is 18.2 Å². The largest absolute Gasteiger partial charge is 0.506 e. The predicted molar refractivity (Wildman–Crippen MR) is 81.9 cm³/mol. The molecular formula is C13H9IN2O4. The third-order valence-electron chi connectivity index (χ3n) is 2.53. The first-order valence-electron chi connectivity index (χ1n) is 5.51. The number of carbonyl (C=O) groups is 1. The van der Waals surface area contributed by atoms with Gasteiger partial charge in [-0.2, -0.15) is 0 Å². The lowest BCUT2D eigenvalue weighted by atomic mass is 10.2. The maximum Gasteiger partial charge on any atom is 0.271 e. The molecule has 0 fully saturated rings. The van der Waals surface area contributed by atoms with Gasteiger partial charge in [-0.25, -0.2) is 0 Å². The molecule has 0 aliphatic rings. The minimum atomic E-state index is -0.597. The van der Waals surface area contributed by atoms with Crippen LogP contribution in [-0.4, -0.2) is 15.9 Å². The van der Waals surface area contributed by atoms with Crippen molar-refractivity contribution in [3.63, 3.8) is 0 Å². The fourth-order valence-electron chi connectivity index (χ4n) is 1.56. The number of hydrogen-bond donors (Lipinski definition) is 2. The van der Waals surface area contributed by atoms with Gasteiger partial charge in [0.15, 0.2) is 0 Å². The van der Waals surface area contributed by atoms with E-state index in [0.717, 1.165) is 15.7 Å². The summed E-state index contributed by atoms with van der Waals surface area (Å²) in [4.78, 5) is 22.1. The smallest absolute Gasteiger partial charge is 0.271 e. The number of nitrogens with one attached hydrogen (secondary N) is 1. The molecule has 0 radical (unpaired) electrons. The molecule has 0 aromatic heterocycles. The molecule has 0 spiro atoms. The SMILES string of the molecule is O=C(Nc1cc([N+](=O)[O-])ccc1O)c1cccc(I)c1. The molecule has 102 valence electrons. The Morgan fingerprint density at radius 1 is 1.25 bits per heavy atom. The first-order valence-corrected chi connectivity index (χ1v) is 6.59. The van der Waals surface area contributed by atoms with E-state index in [9.17, 15) is 20.0 Å². The number of anilines is 1. The molecule has 7 heteroatoms. The fourth-order valence-corrected chi connectivity index (χ4v) is 2.11. The number of phenolic OH excluding ortho intramolecular Hbond substituents is 1. The van der Waals surface area contributed by atoms with Crippen LogP contribution in [0.5, 0.6) is 5.75 Å². The Morgan fingerprint density at radius 3 is 2.65 bits per heavy atom. The summed E-state index contributed by atoms with van der Waals surface area (Å²) in [5.41, 5.74) is 0.201. The van der Waals surface area contributed by atoms with Gasteiger partial charge in [-0.05, 0) is 46.9 Å². The zero-order valence-corrected chi connectivity index (χ0v) is 12.2. The van der Waals surface area contributed by atoms with Crippen molar-refractivity contribution in [1.29, 1.82) is 0 Å². The normalized spacial score (nSPS) is 10.1. The van der Waals surface area contributed by atoms with Gasteiger partial charge in [0.2, 0.25) is 0 Å². The summed E-state index contributed by atoms with van der Waals surface area (Å²) in [6.07, 6.45) is 0. The summed E-state index contributed by atoms with van der Waals surface area (Å²) in [6, 6.07) is 10.3. The Hall–Kier alpha value is -2.16. The lowest BCUT2D eigenvalue weighted by Gasteiger charge is -2.07. The van der Waals surface area contributed by atoms with Crippen LogP contribution in [0.3, 0.4) is 0 Å². The molecule has 0 aliphatic carbocycles. The average Bonchev–Trinajstić information content (AvgIpc) is 2.41. The summed E-state index contributed by atoms with van der Waals surface area (Å²) in [5.74, 6) is -0.672. The topological polar surface area (TPSA) is 92.5 Å². The van der Waals surface area contributed by atoms with E-state index < -0.39 is 10.8 Å². The first-order chi connectivity index (χ1) is 9.47. The zero-order valence-electron chi connectivity index (χ0n) is 10.0. The first kappa shape index (κ1) is 14.3. The molecule has 20 heavy (non-hydrogen) atoms. The Morgan fingerprint density at radius 2 is 2.00 bits per heavy atom. The molecule has 2 aromatic carbocycles. The summed E-state index contributed by atoms with van der Waals surface area (Å²) < 4.78 is 0.888. The van der Waals surface area contributed by atoms with Gasteiger partial charge in [0, 0.05) is 21.3 Å². The van der Waals surface area contributed by atoms with Crippen LogP contribution in [0.2, 0.25) is 0 Å². The molecular weight excluding hydrogens is 375 g/mol. The minimum absolute atomic E-state index is 0.00283. The third-order valence-corrected chi connectivity index (χ3v) is 3.20. The van der Waals surface area contributed by atoms with Crippen molar-refractivity contribution >= 4 is 39.9 Å². The van der Waals surface area contributed by atoms with Crippen LogP contribution >= 0.6 is 22.6 Å². The van der Waals surface area contributed by atoms with Crippen LogP contribution in [0.15, 0.2) is 42.5 Å². The summed E-state index contributed by atoms with van der Waals surface area (Å²) in [7, 11) is 0. The number of aromatic hydroxyl groups is 1. The molecule has 0 aliphatic heterocycles. The van der Waals surface area contributed by atoms with Crippen LogP contribution in [0.1, 0.15) is 10.4 Å². The van der Waals surface area contributed by atoms with E-state index in [-0.39, 0.29) is 17.1 Å². The van der Waals surface area contributed by atoms with Gasteiger partial charge in [0.25, 0.3) is 11.6 Å². The van der Waals surface area contributed by atoms with Crippen LogP contribution < -0.4 is 5.32 Å². The van der Waals surface area contributed by atoms with Gasteiger partial charge in [0.05, 0.1) is 10.6 Å². The number of non-ortho nitro benzene ring substituents is 1. The number of nitrogens with zero attached hydrogens (tertiary/aromatic N) is 1. The highest BCUT2D eigenvalue weighted by Crippen LogP contribution is 2.28. The Labute approximate surface area is 127 Å². The number of phenols is 1. The molecule has 1 amide bonds. The van der Waals surface area contributed by atoms with E-state index in [1.807, 2.05) is 6.07 Å². The molecule has 0 saturated carbocycles. The fraction of sp³-hybridized carbons (Fsp3) is 0. The van der Waals surface area contributed by atoms with E-state index >= 15 is 0 Å². The molecule has 0 saturated heterocycles. The zero-order chi connectivity index (χ0) is 14.7. The highest BCUT2D eigenvalue weighted by molar-refractivity contribution is 14.1. The highest BCUT2D eigenvalue weighted by atomic mass is 127. The summed E-state index contributed by atoms with van der Waals surface area (Å²) >= 11 is 2.07. The standard InChI is InChI=1S/C13H9IN2O4/c14-9-3-1-2-8(6-9)13(18)15-11-7-10(16(19)20)4-5-12(11)17/h1-7,17H,(H,15,18). The lowest BCUT2D eigenvalue weighted by molar-refractivity contribution is -0.384. The molecule has 0 bridgehead atoms. The second kappa shape index (κ2) is 5.87. The minimum Gasteiger partial charge on any atom is -0.506 e. The van der Waals surface area contributed by atoms with Gasteiger partial charge in [-0.1, -0.05) is 6.07 Å². The Kier molecular flexibility index (Phi) is 4.18. The monoisotopic (exact) mass is 384 g/mol. The quantitative estimate of drug-likeness (QED) is 0.368. The molecule has 0 unspecified atom stereocenters. The van der Waals surface area contributed by atoms with Gasteiger partial charge < -0.3 is 10.4 Å². The molecule has 6 nitrogen and oxygen atoms in total. The predicted octanol–water partition coefficient (Wildman–Crippen LogP) is 3.16. The molecule has 2 aromatic rings. The van der Waals surface area contributed by atoms with Crippen LogP contribution in [0.25, 0.3) is 0 Å². The number of halogens is 1. The molecule has 2 N–H and O–H groups in total. The van der Waals surface area contributed by atoms with Crippen molar-refractivity contribution < 1.29 is 14.8 Å². The number of carbonyl (C=O) groups excluding carboxylic acids is 1. The Balaban J connectivity index is 2.27.